The number of likely N-dealkylation sites (tertiary alicyclic amines) is 2. The number of rotatable bonds is 19. The van der Waals surface area contributed by atoms with Crippen LogP contribution in [0.1, 0.15) is 78.8 Å². The summed E-state index contributed by atoms with van der Waals surface area (Å²) in [7, 11) is -2.40. The maximum atomic E-state index is 14.2. The number of aromatic nitrogens is 2. The number of hydrogen-bond acceptors (Lipinski definition) is 14. The van der Waals surface area contributed by atoms with Crippen molar-refractivity contribution in [2.24, 2.45) is 7.05 Å². The molecule has 0 spiro atoms. The average molecular weight is 992 g/mol. The van der Waals surface area contributed by atoms with Crippen LogP contribution in [0, 0.1) is 20.2 Å². The molecule has 0 radical (unpaired) electrons. The molecule has 69 heavy (non-hydrogen) atoms. The summed E-state index contributed by atoms with van der Waals surface area (Å²) in [6.45, 7) is 20.6. The Kier molecular flexibility index (Phi) is 15.3. The molecule has 2 amide bonds. The summed E-state index contributed by atoms with van der Waals surface area (Å²) in [5.74, 6) is -1.50. The summed E-state index contributed by atoms with van der Waals surface area (Å²) in [5.41, 5.74) is 0.732. The molecule has 0 bridgehead atoms. The first-order chi connectivity index (χ1) is 32.4. The highest BCUT2D eigenvalue weighted by Crippen LogP contribution is 2.41. The number of hydrogen-bond donors (Lipinski definition) is 0. The molecule has 2 aliphatic heterocycles. The van der Waals surface area contributed by atoms with E-state index in [0.717, 1.165) is 27.3 Å². The average Bonchev–Trinajstić information content (AvgIpc) is 4.02. The van der Waals surface area contributed by atoms with Crippen LogP contribution in [0.4, 0.5) is 11.4 Å². The third-order valence-electron chi connectivity index (χ3n) is 12.6. The molecule has 3 aromatic carbocycles. The second kappa shape index (κ2) is 20.4. The number of aryl methyl sites for hydroxylation is 1. The van der Waals surface area contributed by atoms with E-state index in [9.17, 15) is 38.2 Å². The van der Waals surface area contributed by atoms with E-state index >= 15 is 0 Å². The Morgan fingerprint density at radius 3 is 1.70 bits per heavy atom. The Balaban J connectivity index is 1.30. The molecule has 2 aliphatic rings. The molecule has 6 rings (SSSR count). The molecule has 2 atom stereocenters. The van der Waals surface area contributed by atoms with Gasteiger partial charge in [-0.05, 0) is 66.7 Å². The van der Waals surface area contributed by atoms with Crippen molar-refractivity contribution in [1.82, 2.24) is 13.8 Å². The summed E-state index contributed by atoms with van der Waals surface area (Å²) >= 11 is 0. The van der Waals surface area contributed by atoms with E-state index in [2.05, 4.69) is 47.0 Å². The minimum absolute atomic E-state index is 0.00515. The third kappa shape index (κ3) is 11.6. The fourth-order valence-corrected chi connectivity index (χ4v) is 9.79. The van der Waals surface area contributed by atoms with Gasteiger partial charge in [-0.3, -0.25) is 29.8 Å². The highest BCUT2D eigenvalue weighted by molar-refractivity contribution is 7.85. The van der Waals surface area contributed by atoms with Crippen LogP contribution in [0.2, 0.25) is 18.1 Å². The first kappa shape index (κ1) is 51.6. The molecule has 2 fully saturated rings. The second-order valence-corrected chi connectivity index (χ2v) is 24.9. The van der Waals surface area contributed by atoms with Crippen LogP contribution >= 0.6 is 0 Å². The Labute approximate surface area is 402 Å². The lowest BCUT2D eigenvalue weighted by Crippen LogP contribution is -2.46. The second-order valence-electron chi connectivity index (χ2n) is 18.6. The number of carbonyl (C=O) groups excluding carboxylic acids is 2. The van der Waals surface area contributed by atoms with Crippen molar-refractivity contribution >= 4 is 41.8 Å². The van der Waals surface area contributed by atoms with E-state index in [-0.39, 0.29) is 83.9 Å². The number of nitro benzene ring substituents is 2. The van der Waals surface area contributed by atoms with Crippen molar-refractivity contribution in [2.75, 3.05) is 33.9 Å². The number of benzene rings is 3. The molecule has 370 valence electrons. The smallest absolute Gasteiger partial charge is 0.491 e. The molecule has 0 N–H and O–H groups in total. The molecular formula is C47H59N6O14SSi+. The minimum atomic E-state index is -4.45. The number of ether oxygens (including phenoxy) is 4. The van der Waals surface area contributed by atoms with Gasteiger partial charge in [0.05, 0.1) is 55.9 Å². The summed E-state index contributed by atoms with van der Waals surface area (Å²) in [6, 6.07) is 8.44. The van der Waals surface area contributed by atoms with E-state index in [1.165, 1.54) is 66.7 Å². The Hall–Kier alpha value is -6.78. The first-order valence-electron chi connectivity index (χ1n) is 22.0. The monoisotopic (exact) mass is 991 g/mol. The maximum Gasteiger partial charge on any atom is 0.491 e. The van der Waals surface area contributed by atoms with Gasteiger partial charge < -0.3 is 37.4 Å². The molecule has 1 aromatic heterocycles. The topological polar surface area (TPSA) is 225 Å². The van der Waals surface area contributed by atoms with Gasteiger partial charge in [0.1, 0.15) is 36.3 Å². The van der Waals surface area contributed by atoms with Gasteiger partial charge in [0.2, 0.25) is 0 Å². The van der Waals surface area contributed by atoms with Crippen molar-refractivity contribution in [3.8, 4) is 28.7 Å². The zero-order chi connectivity index (χ0) is 50.7. The number of nitro groups is 2. The summed E-state index contributed by atoms with van der Waals surface area (Å²) in [6.07, 6.45) is 5.74. The molecule has 22 heteroatoms. The van der Waals surface area contributed by atoms with Crippen LogP contribution in [-0.2, 0) is 35.0 Å². The number of carbonyl (C=O) groups is 2. The largest absolute Gasteiger partial charge is 0.493 e. The van der Waals surface area contributed by atoms with Gasteiger partial charge in [0.15, 0.2) is 37.5 Å². The number of methoxy groups -OCH3 is 2. The maximum absolute atomic E-state index is 14.2. The van der Waals surface area contributed by atoms with Gasteiger partial charge in [0, 0.05) is 31.3 Å². The molecule has 0 saturated carbocycles. The van der Waals surface area contributed by atoms with Crippen molar-refractivity contribution < 1.29 is 60.0 Å². The lowest BCUT2D eigenvalue weighted by atomic mass is 10.1. The Bertz CT molecular complexity index is 2800. The highest BCUT2D eigenvalue weighted by atomic mass is 32.2. The van der Waals surface area contributed by atoms with Crippen LogP contribution < -0.4 is 27.7 Å². The summed E-state index contributed by atoms with van der Waals surface area (Å²) < 4.78 is 64.4. The molecular weight excluding hydrogens is 933 g/mol. The molecule has 0 unspecified atom stereocenters. The van der Waals surface area contributed by atoms with Crippen LogP contribution in [-0.4, -0.2) is 98.2 Å². The van der Waals surface area contributed by atoms with Gasteiger partial charge in [-0.1, -0.05) is 56.0 Å². The van der Waals surface area contributed by atoms with E-state index in [0.29, 0.717) is 30.4 Å². The number of imidazole rings is 1. The Morgan fingerprint density at radius 1 is 0.797 bits per heavy atom. The van der Waals surface area contributed by atoms with Crippen LogP contribution in [0.5, 0.6) is 28.7 Å². The van der Waals surface area contributed by atoms with E-state index in [1.807, 2.05) is 6.92 Å². The van der Waals surface area contributed by atoms with Crippen LogP contribution in [0.3, 0.4) is 0 Å². The van der Waals surface area contributed by atoms with Gasteiger partial charge in [0.25, 0.3) is 29.5 Å². The SMILES string of the molecule is C=C1C[C@@H](CC)N(C(=O)c2cc(OC)c(OCc3cc(COc4cc([N+](=O)[O-])c(C(=O)N5CC(=C)C[C@H]5CO[Si](C)(C)C(C)(C)C)cc4OC)cc(OS(=O)(=O)n4cc[n+](C)c4)c3)cc2[N+](=O)[O-])C1. The first-order valence-corrected chi connectivity index (χ1v) is 26.3. The minimum Gasteiger partial charge on any atom is -0.493 e. The zero-order valence-electron chi connectivity index (χ0n) is 40.3. The summed E-state index contributed by atoms with van der Waals surface area (Å²) in [4.78, 5) is 54.6. The molecule has 20 nitrogen and oxygen atoms in total. The fraction of sp³-hybridized carbons (Fsp3) is 0.426. The van der Waals surface area contributed by atoms with Crippen molar-refractivity contribution in [3.63, 3.8) is 0 Å². The van der Waals surface area contributed by atoms with E-state index in [1.54, 1.807) is 18.0 Å². The Morgan fingerprint density at radius 2 is 1.28 bits per heavy atom. The number of amides is 2. The van der Waals surface area contributed by atoms with Crippen LogP contribution in [0.15, 0.2) is 85.5 Å². The summed E-state index contributed by atoms with van der Waals surface area (Å²) in [5, 5.41) is 24.9. The lowest BCUT2D eigenvalue weighted by molar-refractivity contribution is -0.670. The van der Waals surface area contributed by atoms with Crippen molar-refractivity contribution in [1.29, 1.82) is 0 Å². The van der Waals surface area contributed by atoms with E-state index < -0.39 is 57.7 Å². The van der Waals surface area contributed by atoms with Gasteiger partial charge in [-0.2, -0.15) is 0 Å². The van der Waals surface area contributed by atoms with Crippen molar-refractivity contribution in [3.05, 3.63) is 128 Å². The van der Waals surface area contributed by atoms with Gasteiger partial charge >= 0.3 is 10.3 Å². The molecule has 4 aromatic rings. The number of nitrogens with zero attached hydrogens (tertiary/aromatic N) is 6. The third-order valence-corrected chi connectivity index (χ3v) is 18.2. The van der Waals surface area contributed by atoms with Crippen molar-refractivity contribution in [2.45, 2.75) is 90.4 Å². The predicted octanol–water partition coefficient (Wildman–Crippen LogP) is 7.45. The highest BCUT2D eigenvalue weighted by Gasteiger charge is 2.41. The quantitative estimate of drug-likeness (QED) is 0.0293. The molecule has 3 heterocycles. The lowest BCUT2D eigenvalue weighted by Gasteiger charge is -2.38. The zero-order valence-corrected chi connectivity index (χ0v) is 42.1. The normalized spacial score (nSPS) is 16.4. The van der Waals surface area contributed by atoms with Crippen LogP contribution in [0.25, 0.3) is 0 Å². The fourth-order valence-electron chi connectivity index (χ4n) is 7.85. The predicted molar refractivity (Wildman–Crippen MR) is 256 cm³/mol. The standard InChI is InChI=1S/C47H59N6O14SSi/c1-12-34-15-30(2)24-50(34)45(54)37-20-41(62-8)43(22-39(37)52(56)57)64-26-32-17-33(19-36(18-32)67-68(60,61)49-14-13-48(7)29-49)27-65-44-23-40(53(58)59)38(21-42(44)63-9)46(55)51-25-31(3)16-35(51)28-66-69(10,11)47(4,5)6/h13-14,17-23,29,34-35H,2-3,12,15-16,24-28H2,1,4-11H3/q+1/t34-,35+/m1/s1. The van der Waals surface area contributed by atoms with Gasteiger partial charge in [-0.15, -0.1) is 8.42 Å². The van der Waals surface area contributed by atoms with Gasteiger partial charge in [-0.25, -0.2) is 4.57 Å². The van der Waals surface area contributed by atoms with E-state index in [4.69, 9.17) is 27.6 Å². The molecule has 0 aliphatic carbocycles. The molecule has 2 saturated heterocycles.